The van der Waals surface area contributed by atoms with Crippen LogP contribution < -0.4 is 10.6 Å². The van der Waals surface area contributed by atoms with Gasteiger partial charge in [0.1, 0.15) is 0 Å². The molecule has 2 N–H and O–H groups in total. The van der Waals surface area contributed by atoms with Crippen molar-refractivity contribution in [2.75, 3.05) is 13.1 Å². The number of aryl methyl sites for hydroxylation is 2. The fraction of sp³-hybridized carbons (Fsp3) is 0.500. The number of nitrogens with zero attached hydrogens (tertiary/aromatic N) is 3. The van der Waals surface area contributed by atoms with E-state index in [9.17, 15) is 0 Å². The summed E-state index contributed by atoms with van der Waals surface area (Å²) in [7, 11) is 0. The molecule has 0 aliphatic carbocycles. The molecule has 0 amide bonds. The number of halogens is 1. The van der Waals surface area contributed by atoms with Crippen molar-refractivity contribution in [1.29, 1.82) is 0 Å². The quantitative estimate of drug-likeness (QED) is 0.415. The second kappa shape index (κ2) is 9.78. The molecule has 2 aromatic rings. The fourth-order valence-electron chi connectivity index (χ4n) is 1.80. The van der Waals surface area contributed by atoms with Gasteiger partial charge in [-0.25, -0.2) is 4.99 Å². The lowest BCUT2D eigenvalue weighted by atomic mass is 10.4. The average molecular weight is 435 g/mol. The Bertz CT molecular complexity index is 596. The Morgan fingerprint density at radius 2 is 2.14 bits per heavy atom. The van der Waals surface area contributed by atoms with Gasteiger partial charge >= 0.3 is 0 Å². The second-order valence-corrected chi connectivity index (χ2v) is 5.99. The van der Waals surface area contributed by atoms with Gasteiger partial charge in [-0.15, -0.1) is 35.3 Å². The molecule has 22 heavy (non-hydrogen) atoms. The highest BCUT2D eigenvalue weighted by Crippen LogP contribution is 2.15. The molecule has 0 spiro atoms. The Kier molecular flexibility index (Phi) is 8.39. The van der Waals surface area contributed by atoms with Crippen molar-refractivity contribution in [3.8, 4) is 0 Å². The number of hydrogen-bond acceptors (Lipinski definition) is 5. The van der Waals surface area contributed by atoms with E-state index in [2.05, 4.69) is 44.8 Å². The number of thiophene rings is 1. The Hall–Kier alpha value is -1.16. The summed E-state index contributed by atoms with van der Waals surface area (Å²) < 4.78 is 5.08. The van der Waals surface area contributed by atoms with Gasteiger partial charge in [0.15, 0.2) is 11.8 Å². The number of hydrogen-bond donors (Lipinski definition) is 2. The van der Waals surface area contributed by atoms with Gasteiger partial charge in [-0.05, 0) is 32.9 Å². The lowest BCUT2D eigenvalue weighted by Crippen LogP contribution is -2.38. The van der Waals surface area contributed by atoms with Gasteiger partial charge in [-0.2, -0.15) is 4.98 Å². The molecule has 8 heteroatoms. The predicted molar refractivity (Wildman–Crippen MR) is 100 cm³/mol. The summed E-state index contributed by atoms with van der Waals surface area (Å²) in [4.78, 5) is 11.3. The number of nitrogens with one attached hydrogen (secondary N) is 2. The normalized spacial score (nSPS) is 11.1. The third-order valence-corrected chi connectivity index (χ3v) is 3.72. The van der Waals surface area contributed by atoms with Crippen molar-refractivity contribution >= 4 is 41.3 Å². The van der Waals surface area contributed by atoms with Gasteiger partial charge in [0.05, 0.1) is 6.54 Å². The van der Waals surface area contributed by atoms with E-state index in [-0.39, 0.29) is 24.0 Å². The fourth-order valence-corrected chi connectivity index (χ4v) is 2.61. The molecule has 122 valence electrons. The minimum Gasteiger partial charge on any atom is -0.357 e. The SMILES string of the molecule is CCNC(=NCc1ccc(C)s1)NCCc1nc(C)no1.I. The molecule has 2 heterocycles. The molecule has 2 rings (SSSR count). The maximum absolute atomic E-state index is 5.08. The molecule has 0 aromatic carbocycles. The molecule has 2 aromatic heterocycles. The topological polar surface area (TPSA) is 75.3 Å². The molecule has 0 unspecified atom stereocenters. The van der Waals surface area contributed by atoms with Gasteiger partial charge in [-0.3, -0.25) is 0 Å². The van der Waals surface area contributed by atoms with E-state index in [1.165, 1.54) is 9.75 Å². The zero-order valence-electron chi connectivity index (χ0n) is 13.0. The van der Waals surface area contributed by atoms with E-state index in [0.29, 0.717) is 31.2 Å². The predicted octanol–water partition coefficient (Wildman–Crippen LogP) is 2.66. The van der Waals surface area contributed by atoms with Crippen LogP contribution in [0.3, 0.4) is 0 Å². The Morgan fingerprint density at radius 3 is 2.73 bits per heavy atom. The third kappa shape index (κ3) is 6.30. The molecule has 0 atom stereocenters. The summed E-state index contributed by atoms with van der Waals surface area (Å²) in [6.07, 6.45) is 0.684. The minimum absolute atomic E-state index is 0. The van der Waals surface area contributed by atoms with Crippen LogP contribution in [0, 0.1) is 13.8 Å². The van der Waals surface area contributed by atoms with E-state index in [1.807, 2.05) is 13.8 Å². The van der Waals surface area contributed by atoms with Gasteiger partial charge in [0, 0.05) is 29.3 Å². The van der Waals surface area contributed by atoms with Crippen LogP contribution in [0.25, 0.3) is 0 Å². The highest BCUT2D eigenvalue weighted by atomic mass is 127. The summed E-state index contributed by atoms with van der Waals surface area (Å²) in [5, 5.41) is 10.3. The van der Waals surface area contributed by atoms with E-state index in [0.717, 1.165) is 12.5 Å². The summed E-state index contributed by atoms with van der Waals surface area (Å²) in [6, 6.07) is 4.24. The van der Waals surface area contributed by atoms with Crippen LogP contribution in [0.2, 0.25) is 0 Å². The molecule has 0 saturated carbocycles. The van der Waals surface area contributed by atoms with Crippen molar-refractivity contribution in [1.82, 2.24) is 20.8 Å². The van der Waals surface area contributed by atoms with Crippen LogP contribution >= 0.6 is 35.3 Å². The minimum atomic E-state index is 0. The molecule has 0 aliphatic heterocycles. The molecule has 0 radical (unpaired) electrons. The van der Waals surface area contributed by atoms with Gasteiger partial charge < -0.3 is 15.2 Å². The first-order valence-corrected chi connectivity index (χ1v) is 7.85. The molecule has 0 aliphatic rings. The van der Waals surface area contributed by atoms with Crippen LogP contribution in [-0.4, -0.2) is 29.2 Å². The zero-order chi connectivity index (χ0) is 15.1. The summed E-state index contributed by atoms with van der Waals surface area (Å²) >= 11 is 1.78. The maximum Gasteiger partial charge on any atom is 0.228 e. The zero-order valence-corrected chi connectivity index (χ0v) is 16.2. The van der Waals surface area contributed by atoms with Crippen LogP contribution in [0.15, 0.2) is 21.6 Å². The van der Waals surface area contributed by atoms with Crippen LogP contribution in [-0.2, 0) is 13.0 Å². The Balaban J connectivity index is 0.00000242. The first kappa shape index (κ1) is 18.9. The van der Waals surface area contributed by atoms with Gasteiger partial charge in [-0.1, -0.05) is 5.16 Å². The van der Waals surface area contributed by atoms with E-state index < -0.39 is 0 Å². The first-order chi connectivity index (χ1) is 10.2. The lowest BCUT2D eigenvalue weighted by molar-refractivity contribution is 0.374. The first-order valence-electron chi connectivity index (χ1n) is 7.04. The van der Waals surface area contributed by atoms with Crippen molar-refractivity contribution in [3.05, 3.63) is 33.6 Å². The van der Waals surface area contributed by atoms with E-state index in [1.54, 1.807) is 11.3 Å². The van der Waals surface area contributed by atoms with Crippen molar-refractivity contribution in [3.63, 3.8) is 0 Å². The Morgan fingerprint density at radius 1 is 1.32 bits per heavy atom. The molecular weight excluding hydrogens is 413 g/mol. The average Bonchev–Trinajstić information content (AvgIpc) is 3.05. The van der Waals surface area contributed by atoms with Crippen molar-refractivity contribution < 1.29 is 4.52 Å². The van der Waals surface area contributed by atoms with Crippen LogP contribution in [0.1, 0.15) is 28.4 Å². The van der Waals surface area contributed by atoms with Gasteiger partial charge in [0.25, 0.3) is 0 Å². The monoisotopic (exact) mass is 435 g/mol. The van der Waals surface area contributed by atoms with Gasteiger partial charge in [0.2, 0.25) is 5.89 Å². The number of aromatic nitrogens is 2. The third-order valence-electron chi connectivity index (χ3n) is 2.73. The van der Waals surface area contributed by atoms with E-state index in [4.69, 9.17) is 4.52 Å². The van der Waals surface area contributed by atoms with Crippen molar-refractivity contribution in [2.45, 2.75) is 33.7 Å². The highest BCUT2D eigenvalue weighted by molar-refractivity contribution is 14.0. The summed E-state index contributed by atoms with van der Waals surface area (Å²) in [6.45, 7) is 8.19. The molecular formula is C14H22IN5OS. The van der Waals surface area contributed by atoms with Crippen molar-refractivity contribution in [2.24, 2.45) is 4.99 Å². The smallest absolute Gasteiger partial charge is 0.228 e. The highest BCUT2D eigenvalue weighted by Gasteiger charge is 2.03. The van der Waals surface area contributed by atoms with Crippen LogP contribution in [0.5, 0.6) is 0 Å². The molecule has 0 bridgehead atoms. The second-order valence-electron chi connectivity index (χ2n) is 4.62. The number of aliphatic imine (C=N–C) groups is 1. The Labute approximate surface area is 151 Å². The summed E-state index contributed by atoms with van der Waals surface area (Å²) in [5.74, 6) is 2.11. The molecule has 6 nitrogen and oxygen atoms in total. The lowest BCUT2D eigenvalue weighted by Gasteiger charge is -2.09. The standard InChI is InChI=1S/C14H21N5OS.HI/c1-4-15-14(17-9-12-6-5-10(2)21-12)16-8-7-13-18-11(3)19-20-13;/h5-6H,4,7-9H2,1-3H3,(H2,15,16,17);1H. The number of guanidine groups is 1. The maximum atomic E-state index is 5.08. The number of rotatable bonds is 6. The van der Waals surface area contributed by atoms with Crippen LogP contribution in [0.4, 0.5) is 0 Å². The summed E-state index contributed by atoms with van der Waals surface area (Å²) in [5.41, 5.74) is 0. The molecule has 0 fully saturated rings. The largest absolute Gasteiger partial charge is 0.357 e. The van der Waals surface area contributed by atoms with E-state index >= 15 is 0 Å². The molecule has 0 saturated heterocycles.